The van der Waals surface area contributed by atoms with Gasteiger partial charge >= 0.3 is 6.03 Å². The van der Waals surface area contributed by atoms with E-state index in [0.29, 0.717) is 26.2 Å². The number of para-hydroxylation sites is 2. The number of amides is 2. The number of hydrogen-bond donors (Lipinski definition) is 1. The average Bonchev–Trinajstić information content (AvgIpc) is 3.01. The number of likely N-dealkylation sites (N-methyl/N-ethyl adjacent to an activating group) is 1. The van der Waals surface area contributed by atoms with E-state index in [1.54, 1.807) is 17.0 Å². The number of carbonyl (C=O) groups excluding carboxylic acids is 1. The molecule has 154 valence electrons. The Bertz CT molecular complexity index is 951. The maximum absolute atomic E-state index is 13.2. The highest BCUT2D eigenvalue weighted by Crippen LogP contribution is 2.15. The quantitative estimate of drug-likeness (QED) is 0.635. The molecule has 1 N–H and O–H groups in total. The second-order valence-electron chi connectivity index (χ2n) is 7.38. The minimum atomic E-state index is -0.277. The van der Waals surface area contributed by atoms with Crippen molar-refractivity contribution in [1.82, 2.24) is 24.7 Å². The van der Waals surface area contributed by atoms with Crippen LogP contribution < -0.4 is 5.32 Å². The summed E-state index contributed by atoms with van der Waals surface area (Å²) in [5.41, 5.74) is 2.92. The molecule has 0 spiro atoms. The van der Waals surface area contributed by atoms with E-state index in [1.165, 1.54) is 12.1 Å². The first-order valence-corrected chi connectivity index (χ1v) is 9.78. The number of nitrogens with zero attached hydrogens (tertiary/aromatic N) is 4. The van der Waals surface area contributed by atoms with Crippen LogP contribution in [-0.2, 0) is 13.1 Å². The Balaban J connectivity index is 1.62. The van der Waals surface area contributed by atoms with Gasteiger partial charge in [-0.25, -0.2) is 14.2 Å². The SMILES string of the molecule is Cc1nc2ccccc2n1CCNC(=O)N(CCN(C)C)Cc1ccc(F)cc1. The van der Waals surface area contributed by atoms with Crippen molar-refractivity contribution < 1.29 is 9.18 Å². The molecule has 2 amide bonds. The van der Waals surface area contributed by atoms with Crippen LogP contribution in [-0.4, -0.2) is 59.1 Å². The number of aryl methyl sites for hydroxylation is 1. The molecule has 2 aromatic carbocycles. The maximum atomic E-state index is 13.2. The summed E-state index contributed by atoms with van der Waals surface area (Å²) in [7, 11) is 3.95. The maximum Gasteiger partial charge on any atom is 0.317 e. The number of imidazole rings is 1. The van der Waals surface area contributed by atoms with E-state index in [1.807, 2.05) is 50.2 Å². The molecule has 1 aromatic heterocycles. The molecule has 3 rings (SSSR count). The predicted octanol–water partition coefficient (Wildman–Crippen LogP) is 3.26. The summed E-state index contributed by atoms with van der Waals surface area (Å²) >= 11 is 0. The molecule has 0 aliphatic carbocycles. The molecular formula is C22H28FN5O. The van der Waals surface area contributed by atoms with Crippen molar-refractivity contribution in [2.24, 2.45) is 0 Å². The smallest absolute Gasteiger partial charge is 0.317 e. The van der Waals surface area contributed by atoms with Gasteiger partial charge in [0, 0.05) is 32.7 Å². The molecular weight excluding hydrogens is 369 g/mol. The Hall–Kier alpha value is -2.93. The fraction of sp³-hybridized carbons (Fsp3) is 0.364. The van der Waals surface area contributed by atoms with Gasteiger partial charge in [-0.3, -0.25) is 0 Å². The Morgan fingerprint density at radius 2 is 1.83 bits per heavy atom. The minimum Gasteiger partial charge on any atom is -0.336 e. The number of carbonyl (C=O) groups is 1. The van der Waals surface area contributed by atoms with Gasteiger partial charge in [0.1, 0.15) is 11.6 Å². The lowest BCUT2D eigenvalue weighted by Gasteiger charge is -2.25. The van der Waals surface area contributed by atoms with E-state index in [2.05, 4.69) is 14.9 Å². The van der Waals surface area contributed by atoms with Crippen LogP contribution in [0.15, 0.2) is 48.5 Å². The first kappa shape index (κ1) is 20.8. The summed E-state index contributed by atoms with van der Waals surface area (Å²) in [5, 5.41) is 3.01. The molecule has 0 aliphatic rings. The van der Waals surface area contributed by atoms with Gasteiger partial charge in [-0.2, -0.15) is 0 Å². The predicted molar refractivity (Wildman–Crippen MR) is 113 cm³/mol. The first-order valence-electron chi connectivity index (χ1n) is 9.78. The molecule has 29 heavy (non-hydrogen) atoms. The summed E-state index contributed by atoms with van der Waals surface area (Å²) < 4.78 is 15.3. The van der Waals surface area contributed by atoms with Crippen LogP contribution >= 0.6 is 0 Å². The van der Waals surface area contributed by atoms with Crippen LogP contribution in [0.25, 0.3) is 11.0 Å². The molecule has 0 unspecified atom stereocenters. The second kappa shape index (κ2) is 9.52. The van der Waals surface area contributed by atoms with Gasteiger partial charge in [0.25, 0.3) is 0 Å². The third kappa shape index (κ3) is 5.54. The van der Waals surface area contributed by atoms with Crippen molar-refractivity contribution in [2.45, 2.75) is 20.0 Å². The zero-order valence-electron chi connectivity index (χ0n) is 17.2. The molecule has 0 atom stereocenters. The molecule has 0 aliphatic heterocycles. The van der Waals surface area contributed by atoms with Crippen molar-refractivity contribution in [1.29, 1.82) is 0 Å². The van der Waals surface area contributed by atoms with Crippen molar-refractivity contribution in [2.75, 3.05) is 33.7 Å². The van der Waals surface area contributed by atoms with Crippen LogP contribution in [0.5, 0.6) is 0 Å². The highest BCUT2D eigenvalue weighted by molar-refractivity contribution is 5.76. The minimum absolute atomic E-state index is 0.127. The summed E-state index contributed by atoms with van der Waals surface area (Å²) in [4.78, 5) is 21.2. The lowest BCUT2D eigenvalue weighted by Crippen LogP contribution is -2.43. The lowest BCUT2D eigenvalue weighted by atomic mass is 10.2. The Labute approximate surface area is 170 Å². The van der Waals surface area contributed by atoms with E-state index in [4.69, 9.17) is 0 Å². The van der Waals surface area contributed by atoms with Gasteiger partial charge < -0.3 is 19.7 Å². The standard InChI is InChI=1S/C22H28FN5O/c1-17-25-20-6-4-5-7-21(20)28(17)13-12-24-22(29)27(15-14-26(2)3)16-18-8-10-19(23)11-9-18/h4-11H,12-16H2,1-3H3,(H,24,29). The molecule has 0 saturated heterocycles. The van der Waals surface area contributed by atoms with Crippen molar-refractivity contribution >= 4 is 17.1 Å². The summed E-state index contributed by atoms with van der Waals surface area (Å²) in [5.74, 6) is 0.650. The fourth-order valence-corrected chi connectivity index (χ4v) is 3.25. The second-order valence-corrected chi connectivity index (χ2v) is 7.38. The zero-order valence-corrected chi connectivity index (χ0v) is 17.2. The fourth-order valence-electron chi connectivity index (χ4n) is 3.25. The normalized spacial score (nSPS) is 11.2. The topological polar surface area (TPSA) is 53.4 Å². The van der Waals surface area contributed by atoms with E-state index < -0.39 is 0 Å². The largest absolute Gasteiger partial charge is 0.336 e. The molecule has 0 saturated carbocycles. The van der Waals surface area contributed by atoms with Crippen molar-refractivity contribution in [3.05, 3.63) is 65.7 Å². The lowest BCUT2D eigenvalue weighted by molar-refractivity contribution is 0.188. The van der Waals surface area contributed by atoms with Crippen LogP contribution in [0.4, 0.5) is 9.18 Å². The van der Waals surface area contributed by atoms with Crippen LogP contribution in [0.2, 0.25) is 0 Å². The molecule has 1 heterocycles. The molecule has 6 nitrogen and oxygen atoms in total. The van der Waals surface area contributed by atoms with Crippen LogP contribution in [0, 0.1) is 12.7 Å². The van der Waals surface area contributed by atoms with Crippen LogP contribution in [0.1, 0.15) is 11.4 Å². The number of halogens is 1. The molecule has 0 fully saturated rings. The Morgan fingerprint density at radius 1 is 1.10 bits per heavy atom. The summed E-state index contributed by atoms with van der Waals surface area (Å²) in [6.07, 6.45) is 0. The Morgan fingerprint density at radius 3 is 2.55 bits per heavy atom. The zero-order chi connectivity index (χ0) is 20.8. The highest BCUT2D eigenvalue weighted by atomic mass is 19.1. The van der Waals surface area contributed by atoms with Gasteiger partial charge in [-0.15, -0.1) is 0 Å². The molecule has 7 heteroatoms. The van der Waals surface area contributed by atoms with Gasteiger partial charge in [-0.05, 0) is 50.8 Å². The van der Waals surface area contributed by atoms with E-state index >= 15 is 0 Å². The first-order chi connectivity index (χ1) is 13.9. The summed E-state index contributed by atoms with van der Waals surface area (Å²) in [6, 6.07) is 14.1. The number of urea groups is 1. The van der Waals surface area contributed by atoms with Crippen LogP contribution in [0.3, 0.4) is 0 Å². The third-order valence-electron chi connectivity index (χ3n) is 4.85. The van der Waals surface area contributed by atoms with Gasteiger partial charge in [0.2, 0.25) is 0 Å². The number of fused-ring (bicyclic) bond motifs is 1. The van der Waals surface area contributed by atoms with Crippen molar-refractivity contribution in [3.8, 4) is 0 Å². The van der Waals surface area contributed by atoms with Gasteiger partial charge in [-0.1, -0.05) is 24.3 Å². The van der Waals surface area contributed by atoms with Gasteiger partial charge in [0.05, 0.1) is 11.0 Å². The number of nitrogens with one attached hydrogen (secondary N) is 1. The monoisotopic (exact) mass is 397 g/mol. The number of hydrogen-bond acceptors (Lipinski definition) is 3. The van der Waals surface area contributed by atoms with E-state index in [0.717, 1.165) is 29.0 Å². The average molecular weight is 397 g/mol. The van der Waals surface area contributed by atoms with Crippen molar-refractivity contribution in [3.63, 3.8) is 0 Å². The molecule has 0 bridgehead atoms. The van der Waals surface area contributed by atoms with E-state index in [-0.39, 0.29) is 11.8 Å². The number of rotatable bonds is 8. The third-order valence-corrected chi connectivity index (χ3v) is 4.85. The van der Waals surface area contributed by atoms with E-state index in [9.17, 15) is 9.18 Å². The highest BCUT2D eigenvalue weighted by Gasteiger charge is 2.14. The number of aromatic nitrogens is 2. The molecule has 3 aromatic rings. The summed E-state index contributed by atoms with van der Waals surface area (Å²) in [6.45, 7) is 4.90. The molecule has 0 radical (unpaired) electrons. The number of benzene rings is 2. The Kier molecular flexibility index (Phi) is 6.82. The van der Waals surface area contributed by atoms with Gasteiger partial charge in [0.15, 0.2) is 0 Å².